The number of aromatic nitrogens is 3. The van der Waals surface area contributed by atoms with Crippen molar-refractivity contribution in [3.05, 3.63) is 35.9 Å². The normalized spacial score (nSPS) is 11.4. The second-order valence-corrected chi connectivity index (χ2v) is 4.97. The number of sulfonamides is 1. The van der Waals surface area contributed by atoms with Gasteiger partial charge < -0.3 is 5.73 Å². The Bertz CT molecular complexity index is 654. The summed E-state index contributed by atoms with van der Waals surface area (Å²) in [6, 6.07) is 2.31. The van der Waals surface area contributed by atoms with Gasteiger partial charge in [0.15, 0.2) is 5.82 Å². The van der Waals surface area contributed by atoms with E-state index in [-0.39, 0.29) is 12.4 Å². The molecular formula is C9H10FN5O2S. The zero-order valence-electron chi connectivity index (χ0n) is 9.09. The van der Waals surface area contributed by atoms with Crippen molar-refractivity contribution in [2.24, 2.45) is 5.73 Å². The second-order valence-electron chi connectivity index (χ2n) is 3.37. The maximum Gasteiger partial charge on any atom is 0.283 e. The summed E-state index contributed by atoms with van der Waals surface area (Å²) < 4.78 is 39.3. The van der Waals surface area contributed by atoms with Crippen LogP contribution in [0.4, 0.5) is 10.2 Å². The first-order chi connectivity index (χ1) is 8.54. The fraction of sp³-hybridized carbons (Fsp3) is 0.111. The van der Waals surface area contributed by atoms with Gasteiger partial charge in [-0.05, 0) is 12.1 Å². The standard InChI is InChI=1S/C9H10FN5O2S/c10-7-2-1-3-12-9(7)18(16,17)15-8-6(4-11)5-13-14-8/h1-3,5H,4,11H2,(H2,13,14,15). The van der Waals surface area contributed by atoms with Crippen molar-refractivity contribution < 1.29 is 12.8 Å². The first-order valence-electron chi connectivity index (χ1n) is 4.90. The van der Waals surface area contributed by atoms with E-state index in [2.05, 4.69) is 19.9 Å². The minimum absolute atomic E-state index is 0.0963. The number of H-pyrrole nitrogens is 1. The number of hydrogen-bond donors (Lipinski definition) is 3. The molecule has 0 atom stereocenters. The van der Waals surface area contributed by atoms with Crippen LogP contribution in [0.25, 0.3) is 0 Å². The molecule has 0 fully saturated rings. The summed E-state index contributed by atoms with van der Waals surface area (Å²) in [4.78, 5) is 3.49. The maximum absolute atomic E-state index is 13.4. The van der Waals surface area contributed by atoms with Gasteiger partial charge in [-0.25, -0.2) is 9.37 Å². The lowest BCUT2D eigenvalue weighted by Gasteiger charge is -2.07. The van der Waals surface area contributed by atoms with Crippen molar-refractivity contribution >= 4 is 15.8 Å². The van der Waals surface area contributed by atoms with Crippen molar-refractivity contribution in [3.8, 4) is 0 Å². The molecule has 2 heterocycles. The van der Waals surface area contributed by atoms with Gasteiger partial charge in [-0.2, -0.15) is 13.5 Å². The first kappa shape index (κ1) is 12.5. The van der Waals surface area contributed by atoms with Crippen molar-refractivity contribution in [3.63, 3.8) is 0 Å². The number of anilines is 1. The zero-order chi connectivity index (χ0) is 13.2. The first-order valence-corrected chi connectivity index (χ1v) is 6.38. The van der Waals surface area contributed by atoms with Gasteiger partial charge in [-0.1, -0.05) is 0 Å². The Morgan fingerprint density at radius 2 is 2.28 bits per heavy atom. The Labute approximate surface area is 102 Å². The molecule has 0 aliphatic carbocycles. The van der Waals surface area contributed by atoms with Gasteiger partial charge in [0.2, 0.25) is 5.03 Å². The highest BCUT2D eigenvalue weighted by Gasteiger charge is 2.22. The second kappa shape index (κ2) is 4.70. The fourth-order valence-electron chi connectivity index (χ4n) is 1.31. The molecule has 0 unspecified atom stereocenters. The van der Waals surface area contributed by atoms with Crippen LogP contribution in [0.5, 0.6) is 0 Å². The van der Waals surface area contributed by atoms with Crippen molar-refractivity contribution in [1.29, 1.82) is 0 Å². The smallest absolute Gasteiger partial charge is 0.283 e. The lowest BCUT2D eigenvalue weighted by molar-refractivity contribution is 0.556. The highest BCUT2D eigenvalue weighted by atomic mass is 32.2. The largest absolute Gasteiger partial charge is 0.326 e. The van der Waals surface area contributed by atoms with Gasteiger partial charge in [0.25, 0.3) is 10.0 Å². The van der Waals surface area contributed by atoms with Crippen LogP contribution in [0, 0.1) is 5.82 Å². The van der Waals surface area contributed by atoms with E-state index in [0.717, 1.165) is 6.07 Å². The fourth-order valence-corrected chi connectivity index (χ4v) is 2.37. The minimum Gasteiger partial charge on any atom is -0.326 e. The molecule has 0 aliphatic rings. The number of rotatable bonds is 4. The lowest BCUT2D eigenvalue weighted by Crippen LogP contribution is -2.17. The highest BCUT2D eigenvalue weighted by Crippen LogP contribution is 2.17. The third-order valence-corrected chi connectivity index (χ3v) is 3.44. The molecule has 0 bridgehead atoms. The molecule has 0 aromatic carbocycles. The molecule has 0 aliphatic heterocycles. The summed E-state index contributed by atoms with van der Waals surface area (Å²) in [6.07, 6.45) is 2.57. The molecule has 18 heavy (non-hydrogen) atoms. The molecule has 0 saturated heterocycles. The van der Waals surface area contributed by atoms with Gasteiger partial charge >= 0.3 is 0 Å². The van der Waals surface area contributed by atoms with Crippen LogP contribution in [0.2, 0.25) is 0 Å². The maximum atomic E-state index is 13.4. The third kappa shape index (κ3) is 2.31. The predicted molar refractivity (Wildman–Crippen MR) is 61.5 cm³/mol. The van der Waals surface area contributed by atoms with E-state index in [0.29, 0.717) is 5.56 Å². The van der Waals surface area contributed by atoms with Crippen LogP contribution in [-0.2, 0) is 16.6 Å². The Hall–Kier alpha value is -2.00. The van der Waals surface area contributed by atoms with E-state index >= 15 is 0 Å². The summed E-state index contributed by atoms with van der Waals surface area (Å²) in [5, 5.41) is 5.40. The molecule has 0 spiro atoms. The van der Waals surface area contributed by atoms with Crippen LogP contribution in [0.3, 0.4) is 0 Å². The molecule has 4 N–H and O–H groups in total. The van der Waals surface area contributed by atoms with Crippen LogP contribution >= 0.6 is 0 Å². The minimum atomic E-state index is -4.11. The van der Waals surface area contributed by atoms with Crippen molar-refractivity contribution in [1.82, 2.24) is 15.2 Å². The number of hydrogen-bond acceptors (Lipinski definition) is 5. The molecule has 9 heteroatoms. The predicted octanol–water partition coefficient (Wildman–Crippen LogP) is 0.203. The van der Waals surface area contributed by atoms with Crippen LogP contribution in [0.15, 0.2) is 29.6 Å². The monoisotopic (exact) mass is 271 g/mol. The molecular weight excluding hydrogens is 261 g/mol. The van der Waals surface area contributed by atoms with E-state index in [9.17, 15) is 12.8 Å². The Balaban J connectivity index is 2.37. The SMILES string of the molecule is NCc1cn[nH]c1NS(=O)(=O)c1ncccc1F. The zero-order valence-corrected chi connectivity index (χ0v) is 9.91. The quantitative estimate of drug-likeness (QED) is 0.735. The molecule has 96 valence electrons. The van der Waals surface area contributed by atoms with Gasteiger partial charge in [-0.3, -0.25) is 9.82 Å². The summed E-state index contributed by atoms with van der Waals surface area (Å²) in [5.41, 5.74) is 5.87. The van der Waals surface area contributed by atoms with Gasteiger partial charge in [0, 0.05) is 18.3 Å². The molecule has 0 saturated carbocycles. The highest BCUT2D eigenvalue weighted by molar-refractivity contribution is 7.92. The van der Waals surface area contributed by atoms with E-state index in [1.165, 1.54) is 18.5 Å². The number of halogens is 1. The van der Waals surface area contributed by atoms with E-state index in [4.69, 9.17) is 5.73 Å². The number of nitrogens with zero attached hydrogens (tertiary/aromatic N) is 2. The Morgan fingerprint density at radius 1 is 1.50 bits per heavy atom. The van der Waals surface area contributed by atoms with Crippen LogP contribution in [0.1, 0.15) is 5.56 Å². The van der Waals surface area contributed by atoms with E-state index in [1.54, 1.807) is 0 Å². The number of nitrogens with one attached hydrogen (secondary N) is 2. The number of aromatic amines is 1. The van der Waals surface area contributed by atoms with Gasteiger partial charge in [-0.15, -0.1) is 0 Å². The average Bonchev–Trinajstić information content (AvgIpc) is 2.76. The molecule has 0 amide bonds. The molecule has 2 rings (SSSR count). The molecule has 0 radical (unpaired) electrons. The lowest BCUT2D eigenvalue weighted by atomic mass is 10.3. The molecule has 2 aromatic heterocycles. The van der Waals surface area contributed by atoms with E-state index < -0.39 is 20.9 Å². The Morgan fingerprint density at radius 3 is 2.94 bits per heavy atom. The average molecular weight is 271 g/mol. The molecule has 7 nitrogen and oxygen atoms in total. The summed E-state index contributed by atoms with van der Waals surface area (Å²) in [7, 11) is -4.11. The molecule has 2 aromatic rings. The Kier molecular flexibility index (Phi) is 3.26. The summed E-state index contributed by atoms with van der Waals surface area (Å²) in [6.45, 7) is 0.0963. The van der Waals surface area contributed by atoms with Gasteiger partial charge in [0.05, 0.1) is 6.20 Å². The topological polar surface area (TPSA) is 114 Å². The third-order valence-electron chi connectivity index (χ3n) is 2.15. The van der Waals surface area contributed by atoms with Gasteiger partial charge in [0.1, 0.15) is 5.82 Å². The number of pyridine rings is 1. The number of nitrogens with two attached hydrogens (primary N) is 1. The van der Waals surface area contributed by atoms with Crippen molar-refractivity contribution in [2.75, 3.05) is 4.72 Å². The summed E-state index contributed by atoms with van der Waals surface area (Å²) >= 11 is 0. The van der Waals surface area contributed by atoms with Crippen LogP contribution < -0.4 is 10.5 Å². The van der Waals surface area contributed by atoms with Crippen molar-refractivity contribution in [2.45, 2.75) is 11.6 Å². The van der Waals surface area contributed by atoms with E-state index in [1.807, 2.05) is 0 Å². The summed E-state index contributed by atoms with van der Waals surface area (Å²) in [5.74, 6) is -0.832. The van der Waals surface area contributed by atoms with Crippen LogP contribution in [-0.4, -0.2) is 23.6 Å².